The van der Waals surface area contributed by atoms with Gasteiger partial charge in [0, 0.05) is 24.0 Å². The first-order valence-corrected chi connectivity index (χ1v) is 15.6. The second kappa shape index (κ2) is 9.01. The van der Waals surface area contributed by atoms with E-state index in [9.17, 15) is 0 Å². The summed E-state index contributed by atoms with van der Waals surface area (Å²) in [5.74, 6) is 3.19. The van der Waals surface area contributed by atoms with E-state index < -0.39 is 0 Å². The van der Waals surface area contributed by atoms with E-state index in [0.29, 0.717) is 22.8 Å². The lowest BCUT2D eigenvalue weighted by Crippen LogP contribution is -2.49. The molecule has 3 fully saturated rings. The van der Waals surface area contributed by atoms with Gasteiger partial charge in [-0.3, -0.25) is 4.98 Å². The average molecular weight is 523 g/mol. The predicted molar refractivity (Wildman–Crippen MR) is 158 cm³/mol. The Kier molecular flexibility index (Phi) is 5.89. The highest BCUT2D eigenvalue weighted by Gasteiger charge is 2.58. The number of benzene rings is 1. The fourth-order valence-electron chi connectivity index (χ4n) is 9.85. The maximum Gasteiger partial charge on any atom is 0.0832 e. The average Bonchev–Trinajstić information content (AvgIpc) is 3.50. The van der Waals surface area contributed by atoms with Gasteiger partial charge in [-0.2, -0.15) is 0 Å². The van der Waals surface area contributed by atoms with E-state index in [1.807, 2.05) is 12.4 Å². The zero-order valence-electron chi connectivity index (χ0n) is 24.7. The van der Waals surface area contributed by atoms with Gasteiger partial charge in [-0.15, -0.1) is 5.10 Å². The zero-order chi connectivity index (χ0) is 27.0. The van der Waals surface area contributed by atoms with Crippen molar-refractivity contribution in [2.75, 3.05) is 0 Å². The van der Waals surface area contributed by atoms with Crippen LogP contribution in [0.4, 0.5) is 0 Å². The SMILES string of the molecule is CC(C)(C)Cc1cn([C@@H]2CC[C@@]3(C)C(=CC[C@@H]4[C@@H]3CC[C@]3(C)C(c5ccc6ccncc6c5)CC[C@@H]43)C2)nn1. The highest BCUT2D eigenvalue weighted by molar-refractivity contribution is 5.82. The van der Waals surface area contributed by atoms with Crippen molar-refractivity contribution in [3.8, 4) is 0 Å². The molecule has 2 heterocycles. The smallest absolute Gasteiger partial charge is 0.0832 e. The van der Waals surface area contributed by atoms with Crippen molar-refractivity contribution < 1.29 is 0 Å². The van der Waals surface area contributed by atoms with Gasteiger partial charge in [0.2, 0.25) is 0 Å². The largest absolute Gasteiger partial charge is 0.264 e. The normalized spacial score (nSPS) is 36.2. The van der Waals surface area contributed by atoms with E-state index >= 15 is 0 Å². The van der Waals surface area contributed by atoms with E-state index in [4.69, 9.17) is 0 Å². The van der Waals surface area contributed by atoms with Gasteiger partial charge in [-0.25, -0.2) is 4.68 Å². The molecule has 0 saturated heterocycles. The number of hydrogen-bond acceptors (Lipinski definition) is 3. The Morgan fingerprint density at radius 3 is 2.69 bits per heavy atom. The molecular weight excluding hydrogens is 476 g/mol. The van der Waals surface area contributed by atoms with Crippen LogP contribution in [0.25, 0.3) is 10.8 Å². The Morgan fingerprint density at radius 2 is 1.85 bits per heavy atom. The van der Waals surface area contributed by atoms with Crippen LogP contribution < -0.4 is 0 Å². The number of pyridine rings is 1. The lowest BCUT2D eigenvalue weighted by Gasteiger charge is -2.58. The molecule has 0 amide bonds. The van der Waals surface area contributed by atoms with Gasteiger partial charge in [-0.1, -0.05) is 63.6 Å². The van der Waals surface area contributed by atoms with Crippen LogP contribution in [-0.4, -0.2) is 20.0 Å². The lowest BCUT2D eigenvalue weighted by atomic mass is 9.47. The van der Waals surface area contributed by atoms with Crippen molar-refractivity contribution in [3.63, 3.8) is 0 Å². The molecule has 4 aliphatic carbocycles. The summed E-state index contributed by atoms with van der Waals surface area (Å²) in [6, 6.07) is 9.80. The standard InChI is InChI=1S/C35H46N4/c1-33(2,3)20-27-22-39(38-37-27)28-12-15-34(4)26(19-28)8-9-29-31-11-10-30(35(31,5)16-13-32(29)34)24-7-6-23-14-17-36-21-25(23)18-24/h6-8,14,17-18,21-22,28-32H,9-13,15-16,19-20H2,1-5H3/t28-,29+,30?,31+,32+,34+,35-/m1/s1. The van der Waals surface area contributed by atoms with Gasteiger partial charge in [0.1, 0.15) is 0 Å². The van der Waals surface area contributed by atoms with Gasteiger partial charge in [-0.05, 0) is 121 Å². The minimum Gasteiger partial charge on any atom is -0.264 e. The lowest BCUT2D eigenvalue weighted by molar-refractivity contribution is -0.0342. The zero-order valence-corrected chi connectivity index (χ0v) is 24.7. The topological polar surface area (TPSA) is 43.6 Å². The Labute approximate surface area is 234 Å². The number of allylic oxidation sites excluding steroid dienone is 2. The number of aromatic nitrogens is 4. The molecule has 7 rings (SSSR count). The van der Waals surface area contributed by atoms with Crippen molar-refractivity contribution >= 4 is 10.8 Å². The number of fused-ring (bicyclic) bond motifs is 6. The molecule has 0 aliphatic heterocycles. The molecule has 3 aromatic rings. The summed E-state index contributed by atoms with van der Waals surface area (Å²) in [4.78, 5) is 4.40. The number of nitrogens with zero attached hydrogens (tertiary/aromatic N) is 4. The second-order valence-corrected chi connectivity index (χ2v) is 15.2. The molecule has 206 valence electrons. The molecule has 0 spiro atoms. The molecule has 2 aromatic heterocycles. The van der Waals surface area contributed by atoms with Crippen LogP contribution in [0.2, 0.25) is 0 Å². The third kappa shape index (κ3) is 4.19. The van der Waals surface area contributed by atoms with Crippen LogP contribution in [0.3, 0.4) is 0 Å². The molecular formula is C35H46N4. The molecule has 0 radical (unpaired) electrons. The Balaban J connectivity index is 1.11. The third-order valence-electron chi connectivity index (χ3n) is 11.8. The quantitative estimate of drug-likeness (QED) is 0.323. The molecule has 0 N–H and O–H groups in total. The maximum absolute atomic E-state index is 4.61. The highest BCUT2D eigenvalue weighted by Crippen LogP contribution is 2.68. The van der Waals surface area contributed by atoms with Crippen molar-refractivity contribution in [2.45, 2.75) is 104 Å². The summed E-state index contributed by atoms with van der Waals surface area (Å²) >= 11 is 0. The molecule has 1 aromatic carbocycles. The first-order valence-electron chi connectivity index (χ1n) is 15.6. The van der Waals surface area contributed by atoms with Gasteiger partial charge in [0.25, 0.3) is 0 Å². The summed E-state index contributed by atoms with van der Waals surface area (Å²) < 4.78 is 2.20. The van der Waals surface area contributed by atoms with Crippen LogP contribution in [0.1, 0.15) is 109 Å². The van der Waals surface area contributed by atoms with Crippen LogP contribution >= 0.6 is 0 Å². The monoisotopic (exact) mass is 522 g/mol. The first kappa shape index (κ1) is 25.5. The molecule has 0 bridgehead atoms. The van der Waals surface area contributed by atoms with E-state index in [2.05, 4.69) is 91.1 Å². The molecule has 39 heavy (non-hydrogen) atoms. The van der Waals surface area contributed by atoms with Gasteiger partial charge >= 0.3 is 0 Å². The first-order chi connectivity index (χ1) is 18.6. The Hall–Kier alpha value is -2.49. The van der Waals surface area contributed by atoms with Gasteiger partial charge in [0.05, 0.1) is 11.7 Å². The fraction of sp³-hybridized carbons (Fsp3) is 0.629. The van der Waals surface area contributed by atoms with Crippen LogP contribution in [0.15, 0.2) is 54.5 Å². The molecule has 4 aliphatic rings. The highest BCUT2D eigenvalue weighted by atomic mass is 15.4. The van der Waals surface area contributed by atoms with Crippen LogP contribution in [0, 0.1) is 34.0 Å². The van der Waals surface area contributed by atoms with Crippen molar-refractivity contribution in [1.82, 2.24) is 20.0 Å². The Bertz CT molecular complexity index is 1410. The molecule has 7 atom stereocenters. The summed E-state index contributed by atoms with van der Waals surface area (Å²) in [7, 11) is 0. The number of rotatable bonds is 3. The molecule has 3 saturated carbocycles. The Morgan fingerprint density at radius 1 is 0.974 bits per heavy atom. The predicted octanol–water partition coefficient (Wildman–Crippen LogP) is 8.70. The van der Waals surface area contributed by atoms with Crippen LogP contribution in [-0.2, 0) is 6.42 Å². The van der Waals surface area contributed by atoms with Crippen molar-refractivity contribution in [1.29, 1.82) is 0 Å². The summed E-state index contributed by atoms with van der Waals surface area (Å²) in [6.07, 6.45) is 20.3. The fourth-order valence-corrected chi connectivity index (χ4v) is 9.85. The van der Waals surface area contributed by atoms with E-state index in [1.54, 1.807) is 11.1 Å². The summed E-state index contributed by atoms with van der Waals surface area (Å²) in [5.41, 5.74) is 5.44. The van der Waals surface area contributed by atoms with E-state index in [-0.39, 0.29) is 5.41 Å². The summed E-state index contributed by atoms with van der Waals surface area (Å²) in [5, 5.41) is 11.8. The van der Waals surface area contributed by atoms with E-state index in [1.165, 1.54) is 55.7 Å². The molecule has 4 nitrogen and oxygen atoms in total. The van der Waals surface area contributed by atoms with Gasteiger partial charge < -0.3 is 0 Å². The van der Waals surface area contributed by atoms with E-state index in [0.717, 1.165) is 36.3 Å². The minimum atomic E-state index is 0.243. The van der Waals surface area contributed by atoms with Crippen molar-refractivity contribution in [2.24, 2.45) is 34.0 Å². The molecule has 4 heteroatoms. The van der Waals surface area contributed by atoms with Crippen LogP contribution in [0.5, 0.6) is 0 Å². The number of hydrogen-bond donors (Lipinski definition) is 0. The second-order valence-electron chi connectivity index (χ2n) is 15.2. The minimum absolute atomic E-state index is 0.243. The molecule has 1 unspecified atom stereocenters. The summed E-state index contributed by atoms with van der Waals surface area (Å²) in [6.45, 7) is 12.1. The third-order valence-corrected chi connectivity index (χ3v) is 11.8. The maximum atomic E-state index is 4.61. The van der Waals surface area contributed by atoms with Gasteiger partial charge in [0.15, 0.2) is 0 Å². The van der Waals surface area contributed by atoms with Crippen molar-refractivity contribution in [3.05, 3.63) is 65.8 Å².